The molecule has 0 spiro atoms. The third kappa shape index (κ3) is 3.00. The SMILES string of the molecule is COC(=S)NC[C@H]1CN(c2cc(F)c3c(c2)OC[C@@H]2CCCN32)C(=O)O1. The Morgan fingerprint density at radius 2 is 2.35 bits per heavy atom. The van der Waals surface area contributed by atoms with Crippen LogP contribution in [0.15, 0.2) is 12.1 Å². The summed E-state index contributed by atoms with van der Waals surface area (Å²) in [6, 6.07) is 3.32. The van der Waals surface area contributed by atoms with Crippen molar-refractivity contribution >= 4 is 34.9 Å². The summed E-state index contributed by atoms with van der Waals surface area (Å²) in [4.78, 5) is 15.7. The van der Waals surface area contributed by atoms with Crippen LogP contribution in [0, 0.1) is 5.82 Å². The maximum atomic E-state index is 14.8. The number of hydrogen-bond acceptors (Lipinski definition) is 6. The predicted molar refractivity (Wildman–Crippen MR) is 97.5 cm³/mol. The number of cyclic esters (lactones) is 1. The molecule has 0 saturated carbocycles. The summed E-state index contributed by atoms with van der Waals surface area (Å²) in [7, 11) is 1.46. The normalized spacial score (nSPS) is 23.8. The van der Waals surface area contributed by atoms with E-state index >= 15 is 0 Å². The molecule has 1 N–H and O–H groups in total. The van der Waals surface area contributed by atoms with E-state index in [0.29, 0.717) is 36.8 Å². The van der Waals surface area contributed by atoms with Crippen LogP contribution < -0.4 is 19.9 Å². The van der Waals surface area contributed by atoms with Crippen molar-refractivity contribution < 1.29 is 23.4 Å². The number of anilines is 2. The highest BCUT2D eigenvalue weighted by Gasteiger charge is 2.37. The lowest BCUT2D eigenvalue weighted by molar-refractivity contribution is 0.142. The summed E-state index contributed by atoms with van der Waals surface area (Å²) >= 11 is 4.91. The molecular weight excluding hydrogens is 361 g/mol. The molecule has 4 rings (SSSR count). The van der Waals surface area contributed by atoms with Crippen LogP contribution in [0.4, 0.5) is 20.6 Å². The monoisotopic (exact) mass is 381 g/mol. The minimum Gasteiger partial charge on any atom is -0.489 e. The molecule has 140 valence electrons. The molecule has 2 fully saturated rings. The quantitative estimate of drug-likeness (QED) is 0.804. The minimum atomic E-state index is -0.519. The van der Waals surface area contributed by atoms with Crippen LogP contribution in [0.5, 0.6) is 5.75 Å². The lowest BCUT2D eigenvalue weighted by atomic mass is 10.1. The Morgan fingerprint density at radius 3 is 3.15 bits per heavy atom. The van der Waals surface area contributed by atoms with E-state index in [0.717, 1.165) is 19.4 Å². The molecule has 1 amide bonds. The molecule has 1 aromatic carbocycles. The molecule has 0 bridgehead atoms. The van der Waals surface area contributed by atoms with Gasteiger partial charge in [0.05, 0.1) is 31.9 Å². The van der Waals surface area contributed by atoms with Gasteiger partial charge in [-0.15, -0.1) is 0 Å². The number of amides is 1. The summed E-state index contributed by atoms with van der Waals surface area (Å²) in [6.07, 6.45) is 1.12. The number of halogens is 1. The molecule has 3 aliphatic rings. The fourth-order valence-electron chi connectivity index (χ4n) is 3.70. The van der Waals surface area contributed by atoms with Crippen LogP contribution in [0.1, 0.15) is 12.8 Å². The number of carbonyl (C=O) groups excluding carboxylic acids is 1. The number of hydrogen-bond donors (Lipinski definition) is 1. The van der Waals surface area contributed by atoms with Gasteiger partial charge < -0.3 is 24.4 Å². The summed E-state index contributed by atoms with van der Waals surface area (Å²) < 4.78 is 30.7. The Hall–Kier alpha value is -2.29. The Bertz CT molecular complexity index is 747. The second kappa shape index (κ2) is 6.79. The zero-order valence-corrected chi connectivity index (χ0v) is 15.2. The van der Waals surface area contributed by atoms with Gasteiger partial charge in [-0.05, 0) is 25.1 Å². The molecular formula is C17H20FN3O4S. The van der Waals surface area contributed by atoms with E-state index in [1.807, 2.05) is 0 Å². The van der Waals surface area contributed by atoms with E-state index in [1.54, 1.807) is 6.07 Å². The Balaban J connectivity index is 1.52. The van der Waals surface area contributed by atoms with Gasteiger partial charge in [0, 0.05) is 18.7 Å². The van der Waals surface area contributed by atoms with Crippen LogP contribution in [-0.4, -0.2) is 56.8 Å². The van der Waals surface area contributed by atoms with Gasteiger partial charge in [-0.2, -0.15) is 0 Å². The maximum absolute atomic E-state index is 14.8. The van der Waals surface area contributed by atoms with E-state index in [2.05, 4.69) is 10.2 Å². The van der Waals surface area contributed by atoms with Gasteiger partial charge in [0.25, 0.3) is 5.17 Å². The number of ether oxygens (including phenoxy) is 3. The van der Waals surface area contributed by atoms with Gasteiger partial charge in [0.1, 0.15) is 24.1 Å². The molecule has 3 aliphatic heterocycles. The molecule has 0 aromatic heterocycles. The Morgan fingerprint density at radius 1 is 1.50 bits per heavy atom. The van der Waals surface area contributed by atoms with Gasteiger partial charge in [0.2, 0.25) is 0 Å². The number of benzene rings is 1. The first kappa shape index (κ1) is 17.1. The fraction of sp³-hybridized carbons (Fsp3) is 0.529. The van der Waals surface area contributed by atoms with E-state index in [1.165, 1.54) is 18.1 Å². The maximum Gasteiger partial charge on any atom is 0.414 e. The average Bonchev–Trinajstić information content (AvgIpc) is 3.25. The highest BCUT2D eigenvalue weighted by molar-refractivity contribution is 7.80. The first-order chi connectivity index (χ1) is 12.6. The number of rotatable bonds is 3. The Labute approximate surface area is 156 Å². The summed E-state index contributed by atoms with van der Waals surface area (Å²) in [6.45, 7) is 1.99. The third-order valence-electron chi connectivity index (χ3n) is 4.95. The standard InChI is InChI=1S/C17H20FN3O4S/c1-23-16(26)19-7-12-8-21(17(22)25-12)11-5-13(18)15-14(6-11)24-9-10-3-2-4-20(10)15/h5-6,10,12H,2-4,7-9H2,1H3,(H,19,26)/t10-,12-/m0/s1. The van der Waals surface area contributed by atoms with Crippen molar-refractivity contribution in [2.45, 2.75) is 25.0 Å². The van der Waals surface area contributed by atoms with E-state index in [9.17, 15) is 9.18 Å². The van der Waals surface area contributed by atoms with Crippen molar-refractivity contribution in [1.29, 1.82) is 0 Å². The molecule has 1 aromatic rings. The zero-order valence-electron chi connectivity index (χ0n) is 14.4. The van der Waals surface area contributed by atoms with Crippen LogP contribution in [0.3, 0.4) is 0 Å². The van der Waals surface area contributed by atoms with Crippen molar-refractivity contribution in [3.63, 3.8) is 0 Å². The van der Waals surface area contributed by atoms with E-state index in [-0.39, 0.29) is 17.0 Å². The minimum absolute atomic E-state index is 0.230. The third-order valence-corrected chi connectivity index (χ3v) is 5.26. The first-order valence-corrected chi connectivity index (χ1v) is 9.00. The van der Waals surface area contributed by atoms with Gasteiger partial charge >= 0.3 is 6.09 Å². The fourth-order valence-corrected chi connectivity index (χ4v) is 3.79. The average molecular weight is 381 g/mol. The predicted octanol–water partition coefficient (Wildman–Crippen LogP) is 2.03. The number of fused-ring (bicyclic) bond motifs is 3. The second-order valence-corrected chi connectivity index (χ2v) is 6.93. The molecule has 0 radical (unpaired) electrons. The van der Waals surface area contributed by atoms with E-state index < -0.39 is 12.2 Å². The second-order valence-electron chi connectivity index (χ2n) is 6.56. The number of thiocarbonyl (C=S) groups is 1. The summed E-state index contributed by atoms with van der Waals surface area (Å²) in [5.41, 5.74) is 0.930. The van der Waals surface area contributed by atoms with E-state index in [4.69, 9.17) is 26.4 Å². The lowest BCUT2D eigenvalue weighted by Gasteiger charge is -2.34. The molecule has 0 unspecified atom stereocenters. The van der Waals surface area contributed by atoms with Crippen LogP contribution >= 0.6 is 12.2 Å². The number of nitrogens with one attached hydrogen (secondary N) is 1. The Kier molecular flexibility index (Phi) is 4.47. The largest absolute Gasteiger partial charge is 0.489 e. The summed E-state index contributed by atoms with van der Waals surface area (Å²) in [5, 5.41) is 3.08. The van der Waals surface area contributed by atoms with Crippen LogP contribution in [-0.2, 0) is 9.47 Å². The van der Waals surface area contributed by atoms with Gasteiger partial charge in [0.15, 0.2) is 5.82 Å². The smallest absolute Gasteiger partial charge is 0.414 e. The van der Waals surface area contributed by atoms with Gasteiger partial charge in [-0.3, -0.25) is 4.90 Å². The van der Waals surface area contributed by atoms with Crippen molar-refractivity contribution in [2.24, 2.45) is 0 Å². The molecule has 7 nitrogen and oxygen atoms in total. The van der Waals surface area contributed by atoms with Crippen molar-refractivity contribution in [1.82, 2.24) is 5.32 Å². The number of methoxy groups -OCH3 is 1. The zero-order chi connectivity index (χ0) is 18.3. The number of carbonyl (C=O) groups is 1. The highest BCUT2D eigenvalue weighted by atomic mass is 32.1. The highest BCUT2D eigenvalue weighted by Crippen LogP contribution is 2.42. The van der Waals surface area contributed by atoms with Crippen molar-refractivity contribution in [2.75, 3.05) is 43.2 Å². The van der Waals surface area contributed by atoms with Gasteiger partial charge in [-0.1, -0.05) is 0 Å². The molecule has 2 atom stereocenters. The molecule has 3 heterocycles. The van der Waals surface area contributed by atoms with Crippen molar-refractivity contribution in [3.05, 3.63) is 17.9 Å². The molecule has 0 aliphatic carbocycles. The van der Waals surface area contributed by atoms with Crippen LogP contribution in [0.25, 0.3) is 0 Å². The van der Waals surface area contributed by atoms with Gasteiger partial charge in [-0.25, -0.2) is 9.18 Å². The first-order valence-electron chi connectivity index (χ1n) is 8.59. The summed E-state index contributed by atoms with van der Waals surface area (Å²) in [5.74, 6) is 0.104. The number of nitrogens with zero attached hydrogens (tertiary/aromatic N) is 2. The topological polar surface area (TPSA) is 63.3 Å². The van der Waals surface area contributed by atoms with Crippen molar-refractivity contribution in [3.8, 4) is 5.75 Å². The molecule has 9 heteroatoms. The molecule has 2 saturated heterocycles. The lowest BCUT2D eigenvalue weighted by Crippen LogP contribution is -2.39. The molecule has 26 heavy (non-hydrogen) atoms. The van der Waals surface area contributed by atoms with Crippen LogP contribution in [0.2, 0.25) is 0 Å².